The van der Waals surface area contributed by atoms with Gasteiger partial charge in [-0.2, -0.15) is 0 Å². The molecule has 4 saturated carbocycles. The Kier molecular flexibility index (Phi) is 8.90. The van der Waals surface area contributed by atoms with E-state index >= 15 is 0 Å². The Hall–Kier alpha value is -2.06. The molecule has 248 valence electrons. The van der Waals surface area contributed by atoms with Crippen molar-refractivity contribution in [2.24, 2.45) is 46.3 Å². The molecule has 6 rings (SSSR count). The number of carbonyl (C=O) groups is 3. The second-order valence-corrected chi connectivity index (χ2v) is 16.7. The molecule has 0 bridgehead atoms. The van der Waals surface area contributed by atoms with Crippen molar-refractivity contribution >= 4 is 29.5 Å². The van der Waals surface area contributed by atoms with E-state index in [9.17, 15) is 29.7 Å². The predicted molar refractivity (Wildman–Crippen MR) is 172 cm³/mol. The number of nitrogens with zero attached hydrogens (tertiary/aromatic N) is 1. The lowest BCUT2D eigenvalue weighted by molar-refractivity contribution is -0.207. The third-order valence-corrected chi connectivity index (χ3v) is 14.6. The molecule has 13 atom stereocenters. The summed E-state index contributed by atoms with van der Waals surface area (Å²) in [5.41, 5.74) is 0.0423. The van der Waals surface area contributed by atoms with Gasteiger partial charge < -0.3 is 26.0 Å². The summed E-state index contributed by atoms with van der Waals surface area (Å²) >= 11 is 1.51. The van der Waals surface area contributed by atoms with Gasteiger partial charge in [0.1, 0.15) is 11.7 Å². The molecule has 0 aromatic rings. The summed E-state index contributed by atoms with van der Waals surface area (Å²) in [6, 6.07) is -0.914. The Labute approximate surface area is 271 Å². The SMILES string of the molecule is C#CCNC(=O)C1=C(C)SCC2C(NC(=O)CC[C@@H](C)[C@H]3CC[C@H]4C5[C@H](O)C[C@@H]6C[C@H](O)CC[C@]6(C)[C@H]5C[C@H](O)[C@]34C)C(=O)N12. The number of hydrogen-bond acceptors (Lipinski definition) is 7. The van der Waals surface area contributed by atoms with E-state index in [2.05, 4.69) is 37.3 Å². The highest BCUT2D eigenvalue weighted by Gasteiger charge is 2.65. The third kappa shape index (κ3) is 5.25. The molecule has 0 spiro atoms. The zero-order chi connectivity index (χ0) is 32.4. The van der Waals surface area contributed by atoms with Crippen LogP contribution in [0.3, 0.4) is 0 Å². The highest BCUT2D eigenvalue weighted by Crippen LogP contribution is 2.68. The van der Waals surface area contributed by atoms with Crippen molar-refractivity contribution < 1.29 is 29.7 Å². The first-order valence-corrected chi connectivity index (χ1v) is 18.0. The van der Waals surface area contributed by atoms with E-state index in [1.807, 2.05) is 6.92 Å². The number of nitrogens with one attached hydrogen (secondary N) is 2. The van der Waals surface area contributed by atoms with Gasteiger partial charge >= 0.3 is 0 Å². The van der Waals surface area contributed by atoms with E-state index < -0.39 is 18.2 Å². The zero-order valence-electron chi connectivity index (χ0n) is 27.1. The average Bonchev–Trinajstić information content (AvgIpc) is 3.37. The average molecular weight is 642 g/mol. The van der Waals surface area contributed by atoms with Crippen LogP contribution in [0.4, 0.5) is 0 Å². The maximum atomic E-state index is 13.2. The van der Waals surface area contributed by atoms with Crippen LogP contribution in [0.5, 0.6) is 0 Å². The van der Waals surface area contributed by atoms with Gasteiger partial charge in [-0.1, -0.05) is 26.7 Å². The van der Waals surface area contributed by atoms with Crippen molar-refractivity contribution in [1.29, 1.82) is 0 Å². The van der Waals surface area contributed by atoms with Crippen molar-refractivity contribution in [2.45, 2.75) is 116 Å². The van der Waals surface area contributed by atoms with Gasteiger partial charge in [-0.3, -0.25) is 19.3 Å². The van der Waals surface area contributed by atoms with Crippen LogP contribution in [0.25, 0.3) is 0 Å². The highest BCUT2D eigenvalue weighted by molar-refractivity contribution is 8.03. The Morgan fingerprint density at radius 1 is 1.13 bits per heavy atom. The summed E-state index contributed by atoms with van der Waals surface area (Å²) in [4.78, 5) is 41.2. The Morgan fingerprint density at radius 2 is 1.89 bits per heavy atom. The zero-order valence-corrected chi connectivity index (χ0v) is 27.9. The Morgan fingerprint density at radius 3 is 2.62 bits per heavy atom. The second kappa shape index (κ2) is 12.2. The van der Waals surface area contributed by atoms with Gasteiger partial charge in [0.05, 0.1) is 30.9 Å². The highest BCUT2D eigenvalue weighted by atomic mass is 32.2. The fraction of sp³-hybridized carbons (Fsp3) is 0.800. The summed E-state index contributed by atoms with van der Waals surface area (Å²) < 4.78 is 0. The van der Waals surface area contributed by atoms with E-state index in [0.29, 0.717) is 36.6 Å². The maximum Gasteiger partial charge on any atom is 0.269 e. The van der Waals surface area contributed by atoms with Gasteiger partial charge in [0.15, 0.2) is 0 Å². The van der Waals surface area contributed by atoms with Gasteiger partial charge in [0.2, 0.25) is 5.91 Å². The van der Waals surface area contributed by atoms with Crippen molar-refractivity contribution in [1.82, 2.24) is 15.5 Å². The monoisotopic (exact) mass is 641 g/mol. The van der Waals surface area contributed by atoms with Crippen molar-refractivity contribution in [3.63, 3.8) is 0 Å². The van der Waals surface area contributed by atoms with Crippen LogP contribution < -0.4 is 10.6 Å². The van der Waals surface area contributed by atoms with Crippen LogP contribution in [0.15, 0.2) is 10.6 Å². The maximum absolute atomic E-state index is 13.2. The first-order chi connectivity index (χ1) is 21.3. The molecule has 2 aliphatic heterocycles. The molecule has 1 saturated heterocycles. The van der Waals surface area contributed by atoms with Crippen molar-refractivity contribution in [2.75, 3.05) is 12.3 Å². The lowest BCUT2D eigenvalue weighted by Crippen LogP contribution is -2.72. The number of terminal acetylenes is 1. The number of allylic oxidation sites excluding steroid dienone is 1. The van der Waals surface area contributed by atoms with E-state index in [0.717, 1.165) is 43.4 Å². The smallest absolute Gasteiger partial charge is 0.269 e. The van der Waals surface area contributed by atoms with Gasteiger partial charge in [0.25, 0.3) is 11.8 Å². The summed E-state index contributed by atoms with van der Waals surface area (Å²) in [6.45, 7) is 8.66. The van der Waals surface area contributed by atoms with Gasteiger partial charge in [-0.15, -0.1) is 18.2 Å². The summed E-state index contributed by atoms with van der Waals surface area (Å²) in [5.74, 6) is 3.56. The molecule has 9 nitrogen and oxygen atoms in total. The van der Waals surface area contributed by atoms with Crippen molar-refractivity contribution in [3.05, 3.63) is 10.6 Å². The standard InChI is InChI=1S/C35H51N3O6S/c1-6-13-36-32(43)31-19(3)45-17-25-30(33(44)38(25)31)37-28(42)10-7-18(2)22-8-9-23-29-24(16-27(41)35(22,23)5)34(4)12-11-21(39)14-20(34)15-26(29)40/h1,18,20-27,29-30,39-41H,7-17H2,2-5H3,(H,36,43)(H,37,42)/t18-,20+,21-,22-,23+,24+,25?,26-,27+,29?,30?,34+,35-/m1/s1. The number of aliphatic hydroxyl groups excluding tert-OH is 3. The number of hydrogen-bond donors (Lipinski definition) is 5. The van der Waals surface area contributed by atoms with E-state index in [-0.39, 0.29) is 76.8 Å². The lowest BCUT2D eigenvalue weighted by Gasteiger charge is -2.63. The fourth-order valence-electron chi connectivity index (χ4n) is 11.0. The number of rotatable bonds is 7. The summed E-state index contributed by atoms with van der Waals surface area (Å²) in [5, 5.41) is 39.3. The molecule has 6 aliphatic rings. The molecule has 0 radical (unpaired) electrons. The largest absolute Gasteiger partial charge is 0.393 e. The molecular weight excluding hydrogens is 590 g/mol. The molecule has 4 aliphatic carbocycles. The number of carbonyl (C=O) groups excluding carboxylic acids is 3. The molecule has 5 N–H and O–H groups in total. The first-order valence-electron chi connectivity index (χ1n) is 17.0. The van der Waals surface area contributed by atoms with Crippen LogP contribution in [0.2, 0.25) is 0 Å². The second-order valence-electron chi connectivity index (χ2n) is 15.5. The number of thioether (sulfide) groups is 1. The first kappa shape index (κ1) is 32.9. The number of fused-ring (bicyclic) bond motifs is 6. The third-order valence-electron chi connectivity index (χ3n) is 13.5. The fourth-order valence-corrected chi connectivity index (χ4v) is 12.1. The minimum Gasteiger partial charge on any atom is -0.393 e. The van der Waals surface area contributed by atoms with E-state index in [4.69, 9.17) is 6.42 Å². The minimum atomic E-state index is -0.645. The van der Waals surface area contributed by atoms with Crippen LogP contribution in [-0.4, -0.2) is 80.6 Å². The number of β-lactam (4-membered cyclic amide) rings is 1. The van der Waals surface area contributed by atoms with Gasteiger partial charge in [-0.25, -0.2) is 0 Å². The van der Waals surface area contributed by atoms with Crippen LogP contribution in [0, 0.1) is 58.7 Å². The molecular formula is C35H51N3O6S. The normalized spacial score (nSPS) is 44.4. The van der Waals surface area contributed by atoms with Crippen LogP contribution in [0.1, 0.15) is 85.5 Å². The lowest BCUT2D eigenvalue weighted by atomic mass is 9.43. The van der Waals surface area contributed by atoms with Crippen LogP contribution >= 0.6 is 11.8 Å². The molecule has 3 unspecified atom stereocenters. The molecule has 0 aromatic carbocycles. The molecule has 0 aromatic heterocycles. The van der Waals surface area contributed by atoms with Crippen LogP contribution in [-0.2, 0) is 14.4 Å². The Balaban J connectivity index is 1.07. The van der Waals surface area contributed by atoms with Gasteiger partial charge in [0, 0.05) is 17.1 Å². The summed E-state index contributed by atoms with van der Waals surface area (Å²) in [7, 11) is 0. The number of aliphatic hydroxyl groups is 3. The van der Waals surface area contributed by atoms with Crippen molar-refractivity contribution in [3.8, 4) is 12.3 Å². The molecule has 3 amide bonds. The molecule has 45 heavy (non-hydrogen) atoms. The quantitative estimate of drug-likeness (QED) is 0.213. The Bertz CT molecular complexity index is 1300. The minimum absolute atomic E-state index is 0.0410. The predicted octanol–water partition coefficient (Wildman–Crippen LogP) is 2.79. The number of amides is 3. The summed E-state index contributed by atoms with van der Waals surface area (Å²) in [6.07, 6.45) is 10.9. The van der Waals surface area contributed by atoms with E-state index in [1.54, 1.807) is 0 Å². The molecule has 10 heteroatoms. The molecule has 2 heterocycles. The molecule has 5 fully saturated rings. The van der Waals surface area contributed by atoms with Gasteiger partial charge in [-0.05, 0) is 105 Å². The topological polar surface area (TPSA) is 139 Å². The van der Waals surface area contributed by atoms with E-state index in [1.165, 1.54) is 16.7 Å².